The summed E-state index contributed by atoms with van der Waals surface area (Å²) in [7, 11) is 0. The third kappa shape index (κ3) is 2.53. The fourth-order valence-corrected chi connectivity index (χ4v) is 3.50. The highest BCUT2D eigenvalue weighted by atomic mass is 35.5. The van der Waals surface area contributed by atoms with E-state index in [9.17, 15) is 4.39 Å². The van der Waals surface area contributed by atoms with Crippen molar-refractivity contribution in [2.45, 2.75) is 50.4 Å². The summed E-state index contributed by atoms with van der Waals surface area (Å²) in [5, 5.41) is 0.115. The van der Waals surface area contributed by atoms with Gasteiger partial charge in [-0.25, -0.2) is 9.37 Å². The highest BCUT2D eigenvalue weighted by molar-refractivity contribution is 6.31. The highest BCUT2D eigenvalue weighted by Gasteiger charge is 2.21. The molecule has 2 nitrogen and oxygen atoms in total. The molecule has 1 aromatic heterocycles. The number of hydrogen-bond acceptors (Lipinski definition) is 1. The summed E-state index contributed by atoms with van der Waals surface area (Å²) in [6, 6.07) is 3.46. The zero-order valence-corrected chi connectivity index (χ0v) is 12.7. The summed E-state index contributed by atoms with van der Waals surface area (Å²) in [6.45, 7) is 0. The molecule has 0 spiro atoms. The van der Waals surface area contributed by atoms with E-state index in [1.807, 2.05) is 0 Å². The predicted molar refractivity (Wildman–Crippen MR) is 81.0 cm³/mol. The molecule has 1 aromatic carbocycles. The number of alkyl halides is 1. The van der Waals surface area contributed by atoms with Crippen molar-refractivity contribution in [1.29, 1.82) is 0 Å². The minimum absolute atomic E-state index is 0.115. The van der Waals surface area contributed by atoms with Crippen LogP contribution < -0.4 is 0 Å². The molecule has 0 saturated heterocycles. The maximum Gasteiger partial charge on any atom is 0.144 e. The quantitative estimate of drug-likeness (QED) is 0.531. The Morgan fingerprint density at radius 1 is 1.20 bits per heavy atom. The van der Waals surface area contributed by atoms with E-state index in [0.717, 1.165) is 29.7 Å². The summed E-state index contributed by atoms with van der Waals surface area (Å²) >= 11 is 11.9. The van der Waals surface area contributed by atoms with E-state index in [4.69, 9.17) is 23.2 Å². The summed E-state index contributed by atoms with van der Waals surface area (Å²) in [6.07, 6.45) is 7.20. The van der Waals surface area contributed by atoms with Crippen molar-refractivity contribution in [3.8, 4) is 0 Å². The lowest BCUT2D eigenvalue weighted by Crippen LogP contribution is -2.11. The van der Waals surface area contributed by atoms with Crippen LogP contribution in [0.15, 0.2) is 12.1 Å². The van der Waals surface area contributed by atoms with Gasteiger partial charge in [0, 0.05) is 12.1 Å². The van der Waals surface area contributed by atoms with Crippen molar-refractivity contribution in [3.05, 3.63) is 28.8 Å². The van der Waals surface area contributed by atoms with Crippen LogP contribution in [0.1, 0.15) is 50.4 Å². The lowest BCUT2D eigenvalue weighted by Gasteiger charge is -2.19. The second-order valence-corrected chi connectivity index (χ2v) is 6.11. The Morgan fingerprint density at radius 3 is 2.55 bits per heavy atom. The molecule has 0 radical (unpaired) electrons. The van der Waals surface area contributed by atoms with E-state index < -0.39 is 5.82 Å². The first-order valence-corrected chi connectivity index (χ1v) is 8.04. The second-order valence-electron chi connectivity index (χ2n) is 5.43. The first kappa shape index (κ1) is 14.2. The lowest BCUT2D eigenvalue weighted by atomic mass is 10.1. The summed E-state index contributed by atoms with van der Waals surface area (Å²) in [5.41, 5.74) is 1.55. The SMILES string of the molecule is Fc1cc2c(cc1Cl)nc(CCl)n2C1CCCCCC1. The van der Waals surface area contributed by atoms with Gasteiger partial charge in [-0.05, 0) is 18.9 Å². The van der Waals surface area contributed by atoms with Gasteiger partial charge in [0.1, 0.15) is 11.6 Å². The Hall–Kier alpha value is -0.800. The molecule has 0 aliphatic heterocycles. The molecule has 0 unspecified atom stereocenters. The molecular formula is C15H17Cl2FN2. The van der Waals surface area contributed by atoms with Crippen LogP contribution in [0.5, 0.6) is 0 Å². The molecule has 0 N–H and O–H groups in total. The Balaban J connectivity index is 2.13. The third-order valence-electron chi connectivity index (χ3n) is 4.11. The normalized spacial score (nSPS) is 17.6. The van der Waals surface area contributed by atoms with Crippen molar-refractivity contribution in [2.24, 2.45) is 0 Å². The van der Waals surface area contributed by atoms with E-state index >= 15 is 0 Å². The maximum atomic E-state index is 13.8. The molecule has 20 heavy (non-hydrogen) atoms. The summed E-state index contributed by atoms with van der Waals surface area (Å²) in [4.78, 5) is 4.52. The first-order valence-electron chi connectivity index (χ1n) is 7.12. The summed E-state index contributed by atoms with van der Waals surface area (Å²) in [5.74, 6) is 0.759. The van der Waals surface area contributed by atoms with Crippen LogP contribution in [0.3, 0.4) is 0 Å². The standard InChI is InChI=1S/C15H17Cl2FN2/c16-9-15-19-13-7-11(17)12(18)8-14(13)20(15)10-5-3-1-2-4-6-10/h7-8,10H,1-6,9H2. The van der Waals surface area contributed by atoms with Gasteiger partial charge in [-0.2, -0.15) is 0 Å². The van der Waals surface area contributed by atoms with E-state index in [1.165, 1.54) is 31.7 Å². The smallest absolute Gasteiger partial charge is 0.144 e. The van der Waals surface area contributed by atoms with Crippen molar-refractivity contribution in [1.82, 2.24) is 9.55 Å². The van der Waals surface area contributed by atoms with E-state index in [0.29, 0.717) is 11.9 Å². The number of benzene rings is 1. The van der Waals surface area contributed by atoms with Gasteiger partial charge < -0.3 is 4.57 Å². The Kier molecular flexibility index (Phi) is 4.18. The van der Waals surface area contributed by atoms with Gasteiger partial charge >= 0.3 is 0 Å². The monoisotopic (exact) mass is 314 g/mol. The van der Waals surface area contributed by atoms with E-state index in [1.54, 1.807) is 6.07 Å². The third-order valence-corrected chi connectivity index (χ3v) is 4.64. The predicted octanol–water partition coefficient (Wildman–Crippen LogP) is 5.46. The fourth-order valence-electron chi connectivity index (χ4n) is 3.16. The fraction of sp³-hybridized carbons (Fsp3) is 0.533. The molecule has 1 fully saturated rings. The van der Waals surface area contributed by atoms with Gasteiger partial charge in [0.05, 0.1) is 21.9 Å². The van der Waals surface area contributed by atoms with Gasteiger partial charge in [0.25, 0.3) is 0 Å². The molecule has 1 aliphatic rings. The molecule has 1 saturated carbocycles. The average Bonchev–Trinajstić information content (AvgIpc) is 2.63. The average molecular weight is 315 g/mol. The minimum atomic E-state index is -0.393. The van der Waals surface area contributed by atoms with Gasteiger partial charge in [0.2, 0.25) is 0 Å². The van der Waals surface area contributed by atoms with Crippen LogP contribution in [0.25, 0.3) is 11.0 Å². The lowest BCUT2D eigenvalue weighted by molar-refractivity contribution is 0.444. The second kappa shape index (κ2) is 5.90. The van der Waals surface area contributed by atoms with Crippen LogP contribution >= 0.6 is 23.2 Å². The summed E-state index contributed by atoms with van der Waals surface area (Å²) < 4.78 is 15.9. The van der Waals surface area contributed by atoms with Crippen molar-refractivity contribution < 1.29 is 4.39 Å². The topological polar surface area (TPSA) is 17.8 Å². The largest absolute Gasteiger partial charge is 0.324 e. The van der Waals surface area contributed by atoms with Crippen LogP contribution in [0.2, 0.25) is 5.02 Å². The number of imidazole rings is 1. The number of nitrogens with zero attached hydrogens (tertiary/aromatic N) is 2. The Labute approximate surface area is 127 Å². The molecule has 2 aromatic rings. The van der Waals surface area contributed by atoms with Gasteiger partial charge in [-0.1, -0.05) is 37.3 Å². The van der Waals surface area contributed by atoms with Crippen LogP contribution in [-0.2, 0) is 5.88 Å². The molecule has 0 bridgehead atoms. The van der Waals surface area contributed by atoms with Crippen LogP contribution in [0.4, 0.5) is 4.39 Å². The molecule has 5 heteroatoms. The molecule has 0 amide bonds. The molecule has 1 heterocycles. The molecule has 3 rings (SSSR count). The minimum Gasteiger partial charge on any atom is -0.324 e. The van der Waals surface area contributed by atoms with Crippen LogP contribution in [0, 0.1) is 5.82 Å². The Morgan fingerprint density at radius 2 is 1.90 bits per heavy atom. The first-order chi connectivity index (χ1) is 9.70. The number of aromatic nitrogens is 2. The van der Waals surface area contributed by atoms with Crippen LogP contribution in [-0.4, -0.2) is 9.55 Å². The van der Waals surface area contributed by atoms with Gasteiger partial charge in [0.15, 0.2) is 0 Å². The molecule has 0 atom stereocenters. The zero-order valence-electron chi connectivity index (χ0n) is 11.2. The number of rotatable bonds is 2. The zero-order chi connectivity index (χ0) is 14.1. The molecule has 108 valence electrons. The number of fused-ring (bicyclic) bond motifs is 1. The maximum absolute atomic E-state index is 13.8. The van der Waals surface area contributed by atoms with Crippen molar-refractivity contribution >= 4 is 34.2 Å². The van der Waals surface area contributed by atoms with Gasteiger partial charge in [-0.15, -0.1) is 11.6 Å². The highest BCUT2D eigenvalue weighted by Crippen LogP contribution is 2.33. The van der Waals surface area contributed by atoms with E-state index in [2.05, 4.69) is 9.55 Å². The number of hydrogen-bond donors (Lipinski definition) is 0. The van der Waals surface area contributed by atoms with Gasteiger partial charge in [-0.3, -0.25) is 0 Å². The number of halogens is 3. The van der Waals surface area contributed by atoms with E-state index in [-0.39, 0.29) is 5.02 Å². The Bertz CT molecular complexity index is 616. The molecular weight excluding hydrogens is 298 g/mol. The molecule has 1 aliphatic carbocycles. The van der Waals surface area contributed by atoms with Crippen molar-refractivity contribution in [2.75, 3.05) is 0 Å². The van der Waals surface area contributed by atoms with Crippen molar-refractivity contribution in [3.63, 3.8) is 0 Å².